The van der Waals surface area contributed by atoms with Crippen LogP contribution < -0.4 is 15.5 Å². The van der Waals surface area contributed by atoms with E-state index < -0.39 is 0 Å². The molecule has 0 saturated carbocycles. The van der Waals surface area contributed by atoms with E-state index >= 15 is 0 Å². The first-order valence-electron chi connectivity index (χ1n) is 8.23. The summed E-state index contributed by atoms with van der Waals surface area (Å²) in [6, 6.07) is 0. The van der Waals surface area contributed by atoms with E-state index in [0.29, 0.717) is 6.54 Å². The second kappa shape index (κ2) is 8.49. The molecule has 0 aromatic carbocycles. The molecule has 1 aromatic heterocycles. The van der Waals surface area contributed by atoms with Gasteiger partial charge >= 0.3 is 0 Å². The van der Waals surface area contributed by atoms with Crippen LogP contribution in [0.15, 0.2) is 10.4 Å². The number of hydrogen-bond acceptors (Lipinski definition) is 5. The molecule has 2 heterocycles. The molecule has 0 aliphatic carbocycles. The number of anilines is 1. The smallest absolute Gasteiger partial charge is 0.191 e. The van der Waals surface area contributed by atoms with Gasteiger partial charge in [-0.15, -0.1) is 11.3 Å². The lowest BCUT2D eigenvalue weighted by Gasteiger charge is -2.24. The van der Waals surface area contributed by atoms with Crippen LogP contribution in [0.3, 0.4) is 0 Å². The number of guanidine groups is 1. The van der Waals surface area contributed by atoms with Crippen molar-refractivity contribution in [3.05, 3.63) is 11.1 Å². The van der Waals surface area contributed by atoms with Gasteiger partial charge in [-0.1, -0.05) is 0 Å². The molecule has 6 nitrogen and oxygen atoms in total. The highest BCUT2D eigenvalue weighted by Crippen LogP contribution is 2.24. The van der Waals surface area contributed by atoms with Crippen LogP contribution >= 0.6 is 11.3 Å². The van der Waals surface area contributed by atoms with E-state index in [1.807, 2.05) is 13.8 Å². The van der Waals surface area contributed by atoms with Crippen molar-refractivity contribution in [2.24, 2.45) is 4.99 Å². The first-order chi connectivity index (χ1) is 11.0. The molecule has 1 aliphatic heterocycles. The number of hydrogen-bond donors (Lipinski definition) is 2. The SMILES string of the molecule is CN=C(NCCc1csc(N2CCCC2)n1)NCC(C)(C)OC. The topological polar surface area (TPSA) is 61.8 Å². The molecule has 130 valence electrons. The molecule has 0 bridgehead atoms. The summed E-state index contributed by atoms with van der Waals surface area (Å²) < 4.78 is 5.40. The molecular weight excluding hydrogens is 310 g/mol. The average molecular weight is 340 g/mol. The minimum atomic E-state index is -0.211. The lowest BCUT2D eigenvalue weighted by atomic mass is 10.1. The Balaban J connectivity index is 1.73. The molecule has 0 radical (unpaired) electrons. The van der Waals surface area contributed by atoms with Crippen molar-refractivity contribution in [1.29, 1.82) is 0 Å². The minimum Gasteiger partial charge on any atom is -0.377 e. The molecule has 23 heavy (non-hydrogen) atoms. The zero-order chi connectivity index (χ0) is 16.7. The quantitative estimate of drug-likeness (QED) is 0.587. The van der Waals surface area contributed by atoms with Gasteiger partial charge in [0, 0.05) is 52.1 Å². The Bertz CT molecular complexity index is 508. The maximum Gasteiger partial charge on any atom is 0.191 e. The van der Waals surface area contributed by atoms with Crippen molar-refractivity contribution in [3.8, 4) is 0 Å². The van der Waals surface area contributed by atoms with Crippen LogP contribution in [0.1, 0.15) is 32.4 Å². The molecular formula is C16H29N5OS. The Hall–Kier alpha value is -1.34. The second-order valence-electron chi connectivity index (χ2n) is 6.38. The largest absolute Gasteiger partial charge is 0.377 e. The van der Waals surface area contributed by atoms with Gasteiger partial charge in [0.1, 0.15) is 0 Å². The summed E-state index contributed by atoms with van der Waals surface area (Å²) in [5.41, 5.74) is 0.939. The Labute approximate surface area is 143 Å². The molecule has 7 heteroatoms. The van der Waals surface area contributed by atoms with Crippen molar-refractivity contribution in [1.82, 2.24) is 15.6 Å². The molecule has 0 amide bonds. The lowest BCUT2D eigenvalue weighted by molar-refractivity contribution is 0.0268. The van der Waals surface area contributed by atoms with Crippen molar-refractivity contribution in [3.63, 3.8) is 0 Å². The van der Waals surface area contributed by atoms with E-state index in [1.165, 1.54) is 18.0 Å². The molecule has 0 spiro atoms. The van der Waals surface area contributed by atoms with Crippen molar-refractivity contribution in [2.75, 3.05) is 45.2 Å². The standard InChI is InChI=1S/C16H29N5OS/c1-16(2,22-4)12-19-14(17-3)18-8-7-13-11-23-15(20-13)21-9-5-6-10-21/h11H,5-10,12H2,1-4H3,(H2,17,18,19). The highest BCUT2D eigenvalue weighted by Gasteiger charge is 2.17. The molecule has 1 aliphatic rings. The van der Waals surface area contributed by atoms with Gasteiger partial charge in [-0.3, -0.25) is 4.99 Å². The Morgan fingerprint density at radius 1 is 1.39 bits per heavy atom. The van der Waals surface area contributed by atoms with E-state index in [4.69, 9.17) is 9.72 Å². The second-order valence-corrected chi connectivity index (χ2v) is 7.22. The van der Waals surface area contributed by atoms with Crippen LogP contribution in [0.25, 0.3) is 0 Å². The molecule has 2 N–H and O–H groups in total. The third-order valence-electron chi connectivity index (χ3n) is 4.05. The highest BCUT2D eigenvalue weighted by molar-refractivity contribution is 7.13. The maximum atomic E-state index is 5.40. The molecule has 0 unspecified atom stereocenters. The maximum absolute atomic E-state index is 5.40. The van der Waals surface area contributed by atoms with Crippen LogP contribution in [-0.2, 0) is 11.2 Å². The normalized spacial score (nSPS) is 16.0. The Morgan fingerprint density at radius 2 is 2.13 bits per heavy atom. The van der Waals surface area contributed by atoms with Crippen LogP contribution in [-0.4, -0.2) is 56.9 Å². The van der Waals surface area contributed by atoms with Crippen LogP contribution in [0.4, 0.5) is 5.13 Å². The number of methoxy groups -OCH3 is 1. The minimum absolute atomic E-state index is 0.211. The summed E-state index contributed by atoms with van der Waals surface area (Å²) in [5.74, 6) is 0.796. The fraction of sp³-hybridized carbons (Fsp3) is 0.750. The predicted molar refractivity (Wildman–Crippen MR) is 97.7 cm³/mol. The van der Waals surface area contributed by atoms with Crippen LogP contribution in [0.2, 0.25) is 0 Å². The third-order valence-corrected chi connectivity index (χ3v) is 5.00. The van der Waals surface area contributed by atoms with Gasteiger partial charge in [0.25, 0.3) is 0 Å². The zero-order valence-corrected chi connectivity index (χ0v) is 15.5. The van der Waals surface area contributed by atoms with Gasteiger partial charge in [-0.05, 0) is 26.7 Å². The first-order valence-corrected chi connectivity index (χ1v) is 9.11. The van der Waals surface area contributed by atoms with Gasteiger partial charge < -0.3 is 20.3 Å². The fourth-order valence-corrected chi connectivity index (χ4v) is 3.28. The van der Waals surface area contributed by atoms with Gasteiger partial charge in [0.05, 0.1) is 11.3 Å². The van der Waals surface area contributed by atoms with Gasteiger partial charge in [0.15, 0.2) is 11.1 Å². The van der Waals surface area contributed by atoms with E-state index in [-0.39, 0.29) is 5.60 Å². The fourth-order valence-electron chi connectivity index (χ4n) is 2.36. The summed E-state index contributed by atoms with van der Waals surface area (Å²) in [4.78, 5) is 11.4. The van der Waals surface area contributed by atoms with Gasteiger partial charge in [-0.25, -0.2) is 4.98 Å². The summed E-state index contributed by atoms with van der Waals surface area (Å²) in [5, 5.41) is 9.95. The number of rotatable bonds is 7. The molecule has 2 rings (SSSR count). The number of nitrogens with zero attached hydrogens (tertiary/aromatic N) is 3. The predicted octanol–water partition coefficient (Wildman–Crippen LogP) is 1.88. The number of aromatic nitrogens is 1. The summed E-state index contributed by atoms with van der Waals surface area (Å²) in [7, 11) is 3.50. The van der Waals surface area contributed by atoms with E-state index in [0.717, 1.165) is 37.7 Å². The summed E-state index contributed by atoms with van der Waals surface area (Å²) in [6.07, 6.45) is 3.48. The van der Waals surface area contributed by atoms with Gasteiger partial charge in [0.2, 0.25) is 0 Å². The van der Waals surface area contributed by atoms with Gasteiger partial charge in [-0.2, -0.15) is 0 Å². The number of ether oxygens (including phenoxy) is 1. The number of thiazole rings is 1. The summed E-state index contributed by atoms with van der Waals surface area (Å²) >= 11 is 1.75. The first kappa shape index (κ1) is 18.0. The van der Waals surface area contributed by atoms with Crippen molar-refractivity contribution >= 4 is 22.4 Å². The molecule has 1 saturated heterocycles. The molecule has 1 fully saturated rings. The Morgan fingerprint density at radius 3 is 2.78 bits per heavy atom. The van der Waals surface area contributed by atoms with E-state index in [9.17, 15) is 0 Å². The highest BCUT2D eigenvalue weighted by atomic mass is 32.1. The summed E-state index contributed by atoms with van der Waals surface area (Å²) in [6.45, 7) is 7.91. The monoisotopic (exact) mass is 339 g/mol. The number of aliphatic imine (C=N–C) groups is 1. The Kier molecular flexibility index (Phi) is 6.65. The van der Waals surface area contributed by atoms with Crippen LogP contribution in [0, 0.1) is 0 Å². The molecule has 0 atom stereocenters. The van der Waals surface area contributed by atoms with Crippen LogP contribution in [0.5, 0.6) is 0 Å². The van der Waals surface area contributed by atoms with Crippen molar-refractivity contribution in [2.45, 2.75) is 38.7 Å². The van der Waals surface area contributed by atoms with Crippen molar-refractivity contribution < 1.29 is 4.74 Å². The molecule has 1 aromatic rings. The van der Waals surface area contributed by atoms with E-state index in [2.05, 4.69) is 25.9 Å². The number of nitrogens with one attached hydrogen (secondary N) is 2. The third kappa shape index (κ3) is 5.66. The lowest BCUT2D eigenvalue weighted by Crippen LogP contribution is -2.45. The zero-order valence-electron chi connectivity index (χ0n) is 14.7. The van der Waals surface area contributed by atoms with E-state index in [1.54, 1.807) is 25.5 Å². The average Bonchev–Trinajstić information content (AvgIpc) is 3.21.